The minimum absolute atomic E-state index is 0. The van der Waals surface area contributed by atoms with Crippen LogP contribution < -0.4 is 10.00 Å². The second kappa shape index (κ2) is 24.5. The number of rotatable bonds is 11. The number of quaternary nitrogens is 3. The maximum Gasteiger partial charge on any atom is 0.272 e. The third-order valence-electron chi connectivity index (χ3n) is 4.13. The molecule has 292 valence electrons. The molecule has 0 heterocycles. The average Bonchev–Trinajstić information content (AvgIpc) is 2.50. The molecule has 1 unspecified atom stereocenters. The molecular formula is C32H84N3O9PS. The second-order valence-electron chi connectivity index (χ2n) is 16.4. The number of carbonyl (C=O) groups excluding carboxylic acids is 1. The lowest BCUT2D eigenvalue weighted by Gasteiger charge is -2.36. The van der Waals surface area contributed by atoms with Crippen LogP contribution >= 0.6 is 7.82 Å². The van der Waals surface area contributed by atoms with Crippen molar-refractivity contribution >= 4 is 23.9 Å². The van der Waals surface area contributed by atoms with E-state index >= 15 is 0 Å². The van der Waals surface area contributed by atoms with Crippen LogP contribution in [0.5, 0.6) is 0 Å². The van der Waals surface area contributed by atoms with E-state index in [1.807, 2.05) is 76.8 Å². The second-order valence-corrected chi connectivity index (χ2v) is 19.1. The Kier molecular flexibility index (Phi) is 36.0. The van der Waals surface area contributed by atoms with Gasteiger partial charge in [0.15, 0.2) is 12.6 Å². The molecule has 0 aliphatic heterocycles. The molecule has 0 N–H and O–H groups in total. The lowest BCUT2D eigenvalue weighted by Crippen LogP contribution is -2.51. The van der Waals surface area contributed by atoms with E-state index in [-0.39, 0.29) is 91.0 Å². The quantitative estimate of drug-likeness (QED) is 0.117. The van der Waals surface area contributed by atoms with Crippen LogP contribution in [0.1, 0.15) is 107 Å². The van der Waals surface area contributed by atoms with Crippen LogP contribution in [0, 0.1) is 16.2 Å². The number of aliphatic carboxylic acids is 1. The Hall–Kier alpha value is -0.630. The molecule has 0 rings (SSSR count). The lowest BCUT2D eigenvalue weighted by molar-refractivity contribution is -0.890. The molecule has 0 amide bonds. The predicted octanol–water partition coefficient (Wildman–Crippen LogP) is 5.48. The molecule has 0 bridgehead atoms. The summed E-state index contributed by atoms with van der Waals surface area (Å²) in [5.41, 5.74) is -0.0207. The van der Waals surface area contributed by atoms with Gasteiger partial charge >= 0.3 is 0 Å². The van der Waals surface area contributed by atoms with Crippen molar-refractivity contribution in [3.8, 4) is 0 Å². The van der Waals surface area contributed by atoms with Gasteiger partial charge in [0.2, 0.25) is 0 Å². The molecule has 0 aromatic heterocycles. The van der Waals surface area contributed by atoms with Gasteiger partial charge in [-0.2, -0.15) is 0 Å². The summed E-state index contributed by atoms with van der Waals surface area (Å²) in [5.74, 6) is -1.33. The van der Waals surface area contributed by atoms with Crippen LogP contribution in [0.15, 0.2) is 0 Å². The van der Waals surface area contributed by atoms with Gasteiger partial charge in [-0.25, -0.2) is 8.42 Å². The van der Waals surface area contributed by atoms with Gasteiger partial charge in [0.1, 0.15) is 16.7 Å². The Morgan fingerprint density at radius 2 is 1.00 bits per heavy atom. The fourth-order valence-electron chi connectivity index (χ4n) is 4.00. The Morgan fingerprint density at radius 1 is 0.674 bits per heavy atom. The molecular weight excluding hydrogens is 633 g/mol. The number of carboxylic acids is 1. The normalized spacial score (nSPS) is 13.3. The van der Waals surface area contributed by atoms with Crippen LogP contribution in [0.3, 0.4) is 0 Å². The van der Waals surface area contributed by atoms with Crippen LogP contribution in [-0.2, 0) is 28.5 Å². The number of hydrogen-bond donors (Lipinski definition) is 0. The van der Waals surface area contributed by atoms with E-state index in [0.29, 0.717) is 15.5 Å². The summed E-state index contributed by atoms with van der Waals surface area (Å²) >= 11 is 0. The molecule has 14 heteroatoms. The fraction of sp³-hybridized carbons (Fsp3) is 0.969. The molecule has 0 aliphatic carbocycles. The van der Waals surface area contributed by atoms with Crippen molar-refractivity contribution in [2.24, 2.45) is 16.2 Å². The molecule has 0 saturated heterocycles. The summed E-state index contributed by atoms with van der Waals surface area (Å²) in [6.07, 6.45) is 0. The molecule has 1 atom stereocenters. The van der Waals surface area contributed by atoms with Gasteiger partial charge in [0.25, 0.3) is 7.82 Å². The molecule has 0 aromatic rings. The Balaban J connectivity index is -0.0000000602. The molecule has 0 saturated carbocycles. The smallest absolute Gasteiger partial charge is 0.272 e. The topological polar surface area (TPSA) is 156 Å². The van der Waals surface area contributed by atoms with Crippen LogP contribution in [-0.4, -0.2) is 121 Å². The number of carbonyl (C=O) groups is 1. The lowest BCUT2D eigenvalue weighted by atomic mass is 9.95. The summed E-state index contributed by atoms with van der Waals surface area (Å²) in [6.45, 7) is 19.8. The summed E-state index contributed by atoms with van der Waals surface area (Å²) in [6, 6.07) is 0. The predicted molar refractivity (Wildman–Crippen MR) is 195 cm³/mol. The van der Waals surface area contributed by atoms with E-state index in [2.05, 4.69) is 20.8 Å². The Morgan fingerprint density at radius 3 is 1.24 bits per heavy atom. The minimum Gasteiger partial charge on any atom is -0.756 e. The largest absolute Gasteiger partial charge is 0.756 e. The van der Waals surface area contributed by atoms with Gasteiger partial charge in [0.05, 0.1) is 75.0 Å². The van der Waals surface area contributed by atoms with Crippen LogP contribution in [0.25, 0.3) is 0 Å². The highest BCUT2D eigenvalue weighted by molar-refractivity contribution is 7.85. The standard InChI is InChI=1S/C9H22NO4P.C9H19NO2.C8H19NO3S.6CH4/c1-9(2,3)7-13-15(11,12)14-8-10(4,5)6;1-9(2,3)7-10(4,5)6-8(11)12;1-8(2,3)6-9(4,5)7-13(10,11)12;;;;;;/h7-8H2,1-6H3;6-7H2,1-5H3;6-7H2,1-5H3;6*1H4. The van der Waals surface area contributed by atoms with Crippen molar-refractivity contribution in [3.63, 3.8) is 0 Å². The zero-order valence-corrected chi connectivity index (χ0v) is 29.8. The zero-order chi connectivity index (χ0) is 33.2. The first-order valence-electron chi connectivity index (χ1n) is 13.1. The first-order chi connectivity index (χ1) is 17.0. The summed E-state index contributed by atoms with van der Waals surface area (Å²) in [7, 11) is 4.54. The van der Waals surface area contributed by atoms with E-state index in [9.17, 15) is 32.3 Å². The third-order valence-corrected chi connectivity index (χ3v) is 6.02. The number of hydrogen-bond acceptors (Lipinski definition) is 9. The number of phosphoric ester groups is 1. The van der Waals surface area contributed by atoms with E-state index in [0.717, 1.165) is 6.54 Å². The first-order valence-corrected chi connectivity index (χ1v) is 16.2. The van der Waals surface area contributed by atoms with Crippen molar-refractivity contribution in [3.05, 3.63) is 0 Å². The maximum atomic E-state index is 11.3. The zero-order valence-electron chi connectivity index (χ0n) is 28.1. The van der Waals surface area contributed by atoms with E-state index in [1.54, 1.807) is 14.1 Å². The SMILES string of the molecule is C.C.C.C.C.C.CC(C)(C)COP(=O)([O-])OC[N+](C)(C)C.CC(C)(C)C[N+](C)(C)CC(=O)[O-].CC(C)(C)C[N+](C)(C)CS(=O)(=O)[O-]. The number of carboxylic acid groups (broad SMARTS) is 1. The number of likely N-dealkylation sites (N-methyl/N-ethyl adjacent to an activating group) is 1. The van der Waals surface area contributed by atoms with Gasteiger partial charge in [-0.15, -0.1) is 0 Å². The van der Waals surface area contributed by atoms with E-state index in [4.69, 9.17) is 9.05 Å². The Bertz CT molecular complexity index is 891. The van der Waals surface area contributed by atoms with Crippen molar-refractivity contribution in [1.29, 1.82) is 0 Å². The maximum absolute atomic E-state index is 11.3. The van der Waals surface area contributed by atoms with Crippen molar-refractivity contribution in [2.75, 3.05) is 88.2 Å². The molecule has 0 fully saturated rings. The van der Waals surface area contributed by atoms with Crippen molar-refractivity contribution in [2.45, 2.75) is 107 Å². The van der Waals surface area contributed by atoms with Gasteiger partial charge in [-0.3, -0.25) is 9.09 Å². The molecule has 12 nitrogen and oxygen atoms in total. The van der Waals surface area contributed by atoms with Crippen molar-refractivity contribution < 1.29 is 54.8 Å². The van der Waals surface area contributed by atoms with Gasteiger partial charge in [0, 0.05) is 10.8 Å². The van der Waals surface area contributed by atoms with E-state index < -0.39 is 23.9 Å². The van der Waals surface area contributed by atoms with Crippen molar-refractivity contribution in [1.82, 2.24) is 0 Å². The van der Waals surface area contributed by atoms with Crippen LogP contribution in [0.2, 0.25) is 0 Å². The molecule has 0 aliphatic rings. The first kappa shape index (κ1) is 67.5. The van der Waals surface area contributed by atoms with Gasteiger partial charge in [-0.05, 0) is 5.41 Å². The van der Waals surface area contributed by atoms with Gasteiger partial charge in [-0.1, -0.05) is 107 Å². The monoisotopic (exact) mass is 718 g/mol. The molecule has 0 radical (unpaired) electrons. The summed E-state index contributed by atoms with van der Waals surface area (Å²) in [5, 5.41) is 10.4. The third kappa shape index (κ3) is 58.9. The molecule has 0 aromatic carbocycles. The summed E-state index contributed by atoms with van der Waals surface area (Å²) in [4.78, 5) is 21.7. The summed E-state index contributed by atoms with van der Waals surface area (Å²) < 4.78 is 53.6. The molecule has 0 spiro atoms. The highest BCUT2D eigenvalue weighted by Crippen LogP contribution is 2.40. The highest BCUT2D eigenvalue weighted by Gasteiger charge is 2.26. The Labute approximate surface area is 289 Å². The average molecular weight is 718 g/mol. The van der Waals surface area contributed by atoms with Crippen LogP contribution in [0.4, 0.5) is 0 Å². The number of phosphoric acid groups is 1. The number of nitrogens with zero attached hydrogens (tertiary/aromatic N) is 3. The van der Waals surface area contributed by atoms with Gasteiger partial charge < -0.3 is 37.3 Å². The minimum atomic E-state index is -4.15. The molecule has 46 heavy (non-hydrogen) atoms. The highest BCUT2D eigenvalue weighted by atomic mass is 32.2. The fourth-order valence-corrected chi connectivity index (χ4v) is 6.06. The van der Waals surface area contributed by atoms with E-state index in [1.165, 1.54) is 0 Å².